The van der Waals surface area contributed by atoms with E-state index in [1.807, 2.05) is 12.1 Å². The molecule has 2 rings (SSSR count). The van der Waals surface area contributed by atoms with E-state index in [-0.39, 0.29) is 0 Å². The number of pyridine rings is 1. The molecule has 1 aromatic heterocycles. The molecular formula is C17H29N3O. The summed E-state index contributed by atoms with van der Waals surface area (Å²) in [6.45, 7) is 6.60. The predicted octanol–water partition coefficient (Wildman–Crippen LogP) is 2.86. The first-order valence-corrected chi connectivity index (χ1v) is 8.06. The molecule has 0 spiro atoms. The van der Waals surface area contributed by atoms with Crippen molar-refractivity contribution >= 4 is 0 Å². The van der Waals surface area contributed by atoms with Gasteiger partial charge in [-0.3, -0.25) is 4.90 Å². The predicted molar refractivity (Wildman–Crippen MR) is 86.6 cm³/mol. The smallest absolute Gasteiger partial charge is 0.213 e. The first-order chi connectivity index (χ1) is 10.1. The Labute approximate surface area is 128 Å². The van der Waals surface area contributed by atoms with E-state index in [4.69, 9.17) is 9.72 Å². The molecule has 2 atom stereocenters. The van der Waals surface area contributed by atoms with E-state index < -0.39 is 0 Å². The number of methoxy groups -OCH3 is 1. The van der Waals surface area contributed by atoms with Crippen molar-refractivity contribution in [2.24, 2.45) is 5.92 Å². The zero-order valence-electron chi connectivity index (χ0n) is 13.8. The molecule has 1 saturated heterocycles. The first kappa shape index (κ1) is 16.2. The minimum Gasteiger partial charge on any atom is -0.481 e. The summed E-state index contributed by atoms with van der Waals surface area (Å²) in [4.78, 5) is 7.15. The Bertz CT molecular complexity index is 436. The second-order valence-corrected chi connectivity index (χ2v) is 6.35. The van der Waals surface area contributed by atoms with Crippen LogP contribution in [0.5, 0.6) is 5.88 Å². The fourth-order valence-corrected chi connectivity index (χ4v) is 3.20. The Hall–Kier alpha value is -1.13. The molecule has 0 aromatic carbocycles. The molecule has 1 N–H and O–H groups in total. The van der Waals surface area contributed by atoms with Gasteiger partial charge in [0, 0.05) is 18.7 Å². The maximum absolute atomic E-state index is 5.30. The fourth-order valence-electron chi connectivity index (χ4n) is 3.20. The monoisotopic (exact) mass is 291 g/mol. The number of rotatable bonds is 5. The van der Waals surface area contributed by atoms with Gasteiger partial charge in [0.1, 0.15) is 0 Å². The van der Waals surface area contributed by atoms with Crippen molar-refractivity contribution in [2.45, 2.75) is 45.2 Å². The second kappa shape index (κ2) is 7.76. The summed E-state index contributed by atoms with van der Waals surface area (Å²) < 4.78 is 5.30. The van der Waals surface area contributed by atoms with Crippen LogP contribution in [0.3, 0.4) is 0 Å². The van der Waals surface area contributed by atoms with Crippen LogP contribution in [0.1, 0.15) is 44.8 Å². The van der Waals surface area contributed by atoms with E-state index in [2.05, 4.69) is 37.2 Å². The molecule has 1 aliphatic heterocycles. The first-order valence-electron chi connectivity index (χ1n) is 8.06. The van der Waals surface area contributed by atoms with Crippen LogP contribution in [0.4, 0.5) is 0 Å². The van der Waals surface area contributed by atoms with Crippen molar-refractivity contribution in [2.75, 3.05) is 27.2 Å². The van der Waals surface area contributed by atoms with Crippen molar-refractivity contribution in [3.63, 3.8) is 0 Å². The van der Waals surface area contributed by atoms with Crippen molar-refractivity contribution in [1.29, 1.82) is 0 Å². The average Bonchev–Trinajstić information content (AvgIpc) is 2.66. The molecule has 0 aliphatic carbocycles. The van der Waals surface area contributed by atoms with Gasteiger partial charge in [-0.05, 0) is 38.4 Å². The lowest BCUT2D eigenvalue weighted by atomic mass is 9.91. The van der Waals surface area contributed by atoms with Crippen LogP contribution in [0, 0.1) is 5.92 Å². The van der Waals surface area contributed by atoms with Crippen molar-refractivity contribution < 1.29 is 4.74 Å². The van der Waals surface area contributed by atoms with Gasteiger partial charge >= 0.3 is 0 Å². The molecule has 1 fully saturated rings. The molecule has 2 heterocycles. The Kier molecular flexibility index (Phi) is 6.00. The molecule has 1 aliphatic rings. The van der Waals surface area contributed by atoms with E-state index >= 15 is 0 Å². The van der Waals surface area contributed by atoms with Crippen LogP contribution in [0.2, 0.25) is 0 Å². The number of aromatic nitrogens is 1. The van der Waals surface area contributed by atoms with E-state index in [9.17, 15) is 0 Å². The van der Waals surface area contributed by atoms with E-state index in [0.29, 0.717) is 23.9 Å². The Morgan fingerprint density at radius 1 is 1.38 bits per heavy atom. The van der Waals surface area contributed by atoms with E-state index in [1.54, 1.807) is 7.11 Å². The molecule has 0 amide bonds. The van der Waals surface area contributed by atoms with Crippen molar-refractivity contribution in [3.8, 4) is 5.88 Å². The third kappa shape index (κ3) is 4.42. The minimum absolute atomic E-state index is 0.369. The number of likely N-dealkylation sites (tertiary alicyclic amines) is 1. The molecular weight excluding hydrogens is 262 g/mol. The van der Waals surface area contributed by atoms with Gasteiger partial charge < -0.3 is 10.1 Å². The summed E-state index contributed by atoms with van der Waals surface area (Å²) in [6, 6.07) is 7.00. The van der Waals surface area contributed by atoms with Gasteiger partial charge in [0.15, 0.2) is 0 Å². The lowest BCUT2D eigenvalue weighted by Gasteiger charge is -2.32. The Balaban J connectivity index is 2.22. The van der Waals surface area contributed by atoms with Crippen molar-refractivity contribution in [3.05, 3.63) is 23.9 Å². The van der Waals surface area contributed by atoms with Gasteiger partial charge in [-0.25, -0.2) is 4.98 Å². The van der Waals surface area contributed by atoms with Gasteiger partial charge in [-0.15, -0.1) is 0 Å². The number of nitrogens with zero attached hydrogens (tertiary/aromatic N) is 2. The van der Waals surface area contributed by atoms with Gasteiger partial charge in [-0.2, -0.15) is 0 Å². The second-order valence-electron chi connectivity index (χ2n) is 6.35. The lowest BCUT2D eigenvalue weighted by molar-refractivity contribution is 0.182. The summed E-state index contributed by atoms with van der Waals surface area (Å²) in [5.74, 6) is 1.31. The third-order valence-corrected chi connectivity index (χ3v) is 4.30. The van der Waals surface area contributed by atoms with E-state index in [0.717, 1.165) is 18.8 Å². The molecule has 118 valence electrons. The van der Waals surface area contributed by atoms with Crippen LogP contribution in [0.15, 0.2) is 18.2 Å². The minimum atomic E-state index is 0.369. The average molecular weight is 291 g/mol. The van der Waals surface area contributed by atoms with Crippen LogP contribution >= 0.6 is 0 Å². The van der Waals surface area contributed by atoms with Crippen LogP contribution in [0.25, 0.3) is 0 Å². The highest BCUT2D eigenvalue weighted by Crippen LogP contribution is 2.33. The summed E-state index contributed by atoms with van der Waals surface area (Å²) in [5.41, 5.74) is 1.13. The van der Waals surface area contributed by atoms with E-state index in [1.165, 1.54) is 19.3 Å². The van der Waals surface area contributed by atoms with Crippen LogP contribution in [-0.2, 0) is 0 Å². The van der Waals surface area contributed by atoms with Gasteiger partial charge in [0.2, 0.25) is 5.88 Å². The third-order valence-electron chi connectivity index (χ3n) is 4.30. The largest absolute Gasteiger partial charge is 0.481 e. The summed E-state index contributed by atoms with van der Waals surface area (Å²) in [6.07, 6.45) is 3.83. The maximum atomic E-state index is 5.30. The molecule has 4 heteroatoms. The zero-order chi connectivity index (χ0) is 15.2. The highest BCUT2D eigenvalue weighted by molar-refractivity contribution is 5.19. The van der Waals surface area contributed by atoms with Crippen LogP contribution in [-0.4, -0.2) is 43.2 Å². The Morgan fingerprint density at radius 3 is 2.90 bits per heavy atom. The maximum Gasteiger partial charge on any atom is 0.213 e. The molecule has 21 heavy (non-hydrogen) atoms. The van der Waals surface area contributed by atoms with Gasteiger partial charge in [-0.1, -0.05) is 26.3 Å². The highest BCUT2D eigenvalue weighted by Gasteiger charge is 2.30. The number of nitrogens with one attached hydrogen (secondary N) is 1. The highest BCUT2D eigenvalue weighted by atomic mass is 16.5. The molecule has 0 radical (unpaired) electrons. The molecule has 0 saturated carbocycles. The Morgan fingerprint density at radius 2 is 2.19 bits per heavy atom. The number of hydrogen-bond donors (Lipinski definition) is 1. The SMILES string of the molecule is COc1cccc(C2C(CNC(C)C)CCCCN2C)n1. The molecule has 4 nitrogen and oxygen atoms in total. The fraction of sp³-hybridized carbons (Fsp3) is 0.706. The number of hydrogen-bond acceptors (Lipinski definition) is 4. The van der Waals surface area contributed by atoms with Crippen molar-refractivity contribution in [1.82, 2.24) is 15.2 Å². The van der Waals surface area contributed by atoms with Crippen LogP contribution < -0.4 is 10.1 Å². The standard InChI is InChI=1S/C17H29N3O/c1-13(2)18-12-14-8-5-6-11-20(3)17(14)15-9-7-10-16(19-15)21-4/h7,9-10,13-14,17-18H,5-6,8,11-12H2,1-4H3. The summed E-state index contributed by atoms with van der Waals surface area (Å²) >= 11 is 0. The molecule has 2 unspecified atom stereocenters. The molecule has 1 aromatic rings. The normalized spacial score (nSPS) is 24.0. The summed E-state index contributed by atoms with van der Waals surface area (Å²) in [5, 5.41) is 3.61. The van der Waals surface area contributed by atoms with Gasteiger partial charge in [0.25, 0.3) is 0 Å². The lowest BCUT2D eigenvalue weighted by Crippen LogP contribution is -2.37. The van der Waals surface area contributed by atoms with Gasteiger partial charge in [0.05, 0.1) is 18.8 Å². The molecule has 0 bridgehead atoms. The quantitative estimate of drug-likeness (QED) is 0.905. The summed E-state index contributed by atoms with van der Waals surface area (Å²) in [7, 11) is 3.90. The zero-order valence-corrected chi connectivity index (χ0v) is 13.8. The number of ether oxygens (including phenoxy) is 1. The topological polar surface area (TPSA) is 37.4 Å².